The molecule has 2 atom stereocenters. The molecule has 1 fully saturated rings. The van der Waals surface area contributed by atoms with Crippen molar-refractivity contribution in [3.8, 4) is 0 Å². The Bertz CT molecular complexity index is 295. The summed E-state index contributed by atoms with van der Waals surface area (Å²) >= 11 is 0. The van der Waals surface area contributed by atoms with Gasteiger partial charge < -0.3 is 15.4 Å². The predicted octanol–water partition coefficient (Wildman–Crippen LogP) is 1.69. The number of carbonyl (C=O) groups excluding carboxylic acids is 1. The maximum Gasteiger partial charge on any atom is 0.234 e. The molecule has 18 heavy (non-hydrogen) atoms. The van der Waals surface area contributed by atoms with Gasteiger partial charge in [-0.3, -0.25) is 4.79 Å². The molecule has 0 aromatic heterocycles. The van der Waals surface area contributed by atoms with Crippen LogP contribution in [0, 0.1) is 5.41 Å². The number of hydrogen-bond donors (Lipinski definition) is 2. The average molecular weight is 256 g/mol. The summed E-state index contributed by atoms with van der Waals surface area (Å²) in [5.74, 6) is 0.0675. The Morgan fingerprint density at radius 1 is 1.39 bits per heavy atom. The lowest BCUT2D eigenvalue weighted by Crippen LogP contribution is -2.63. The Morgan fingerprint density at radius 3 is 2.44 bits per heavy atom. The van der Waals surface area contributed by atoms with Gasteiger partial charge in [-0.1, -0.05) is 13.8 Å². The highest BCUT2D eigenvalue weighted by Gasteiger charge is 2.49. The van der Waals surface area contributed by atoms with Crippen LogP contribution < -0.4 is 10.6 Å². The first-order valence-electron chi connectivity index (χ1n) is 6.83. The Balaban J connectivity index is 2.34. The van der Waals surface area contributed by atoms with E-state index < -0.39 is 0 Å². The molecule has 0 saturated heterocycles. The van der Waals surface area contributed by atoms with Gasteiger partial charge in [-0.25, -0.2) is 0 Å². The average Bonchev–Trinajstić information content (AvgIpc) is 2.24. The van der Waals surface area contributed by atoms with Gasteiger partial charge in [0.25, 0.3) is 0 Å². The number of carbonyl (C=O) groups is 1. The molecular formula is C14H28N2O2. The number of rotatable bonds is 5. The van der Waals surface area contributed by atoms with E-state index in [1.807, 2.05) is 6.92 Å². The van der Waals surface area contributed by atoms with E-state index in [-0.39, 0.29) is 29.0 Å². The first-order valence-corrected chi connectivity index (χ1v) is 6.83. The second-order valence-corrected chi connectivity index (χ2v) is 6.72. The number of nitrogens with one attached hydrogen (secondary N) is 2. The van der Waals surface area contributed by atoms with Gasteiger partial charge in [0.05, 0.1) is 12.6 Å². The molecule has 1 saturated carbocycles. The summed E-state index contributed by atoms with van der Waals surface area (Å²) in [7, 11) is 0. The van der Waals surface area contributed by atoms with E-state index in [1.165, 1.54) is 0 Å². The van der Waals surface area contributed by atoms with Crippen LogP contribution in [0.25, 0.3) is 0 Å². The van der Waals surface area contributed by atoms with E-state index in [1.54, 1.807) is 0 Å². The molecule has 0 aromatic rings. The van der Waals surface area contributed by atoms with Crippen LogP contribution in [0.2, 0.25) is 0 Å². The lowest BCUT2D eigenvalue weighted by molar-refractivity contribution is -0.136. The molecule has 1 rings (SSSR count). The van der Waals surface area contributed by atoms with Crippen molar-refractivity contribution in [3.63, 3.8) is 0 Å². The van der Waals surface area contributed by atoms with Crippen LogP contribution in [0.3, 0.4) is 0 Å². The van der Waals surface area contributed by atoms with Crippen molar-refractivity contribution in [2.75, 3.05) is 13.2 Å². The minimum Gasteiger partial charge on any atom is -0.378 e. The van der Waals surface area contributed by atoms with Crippen molar-refractivity contribution in [1.82, 2.24) is 10.6 Å². The number of amides is 1. The van der Waals surface area contributed by atoms with E-state index in [0.717, 1.165) is 13.0 Å². The molecule has 0 radical (unpaired) electrons. The minimum absolute atomic E-state index is 0.0275. The molecule has 106 valence electrons. The molecule has 0 spiro atoms. The molecule has 0 aliphatic heterocycles. The van der Waals surface area contributed by atoms with E-state index in [4.69, 9.17) is 4.74 Å². The highest BCUT2D eigenvalue weighted by molar-refractivity contribution is 5.78. The molecule has 0 bridgehead atoms. The molecule has 0 aromatic carbocycles. The molecule has 0 heterocycles. The fourth-order valence-corrected chi connectivity index (χ4v) is 2.21. The lowest BCUT2D eigenvalue weighted by Gasteiger charge is -2.51. The van der Waals surface area contributed by atoms with E-state index >= 15 is 0 Å². The van der Waals surface area contributed by atoms with Crippen LogP contribution in [0.15, 0.2) is 0 Å². The van der Waals surface area contributed by atoms with Crippen molar-refractivity contribution < 1.29 is 9.53 Å². The van der Waals surface area contributed by atoms with Gasteiger partial charge in [0.1, 0.15) is 0 Å². The van der Waals surface area contributed by atoms with Crippen LogP contribution >= 0.6 is 0 Å². The highest BCUT2D eigenvalue weighted by atomic mass is 16.5. The normalized spacial score (nSPS) is 26.6. The summed E-state index contributed by atoms with van der Waals surface area (Å²) in [4.78, 5) is 11.8. The molecule has 1 aliphatic rings. The summed E-state index contributed by atoms with van der Waals surface area (Å²) < 4.78 is 5.65. The molecule has 4 heteroatoms. The fraction of sp³-hybridized carbons (Fsp3) is 0.929. The zero-order chi connectivity index (χ0) is 14.0. The number of ether oxygens (including phenoxy) is 1. The Hall–Kier alpha value is -0.610. The van der Waals surface area contributed by atoms with Crippen molar-refractivity contribution in [2.24, 2.45) is 5.41 Å². The monoisotopic (exact) mass is 256 g/mol. The van der Waals surface area contributed by atoms with Crippen LogP contribution in [-0.2, 0) is 9.53 Å². The Kier molecular flexibility index (Phi) is 4.78. The molecule has 2 unspecified atom stereocenters. The third-order valence-corrected chi connectivity index (χ3v) is 3.66. The predicted molar refractivity (Wildman–Crippen MR) is 73.5 cm³/mol. The third-order valence-electron chi connectivity index (χ3n) is 3.66. The molecule has 1 amide bonds. The van der Waals surface area contributed by atoms with Gasteiger partial charge in [0.15, 0.2) is 0 Å². The van der Waals surface area contributed by atoms with Gasteiger partial charge in [-0.2, -0.15) is 0 Å². The molecular weight excluding hydrogens is 228 g/mol. The first kappa shape index (κ1) is 15.4. The minimum atomic E-state index is -0.0275. The van der Waals surface area contributed by atoms with Crippen LogP contribution in [-0.4, -0.2) is 36.7 Å². The second-order valence-electron chi connectivity index (χ2n) is 6.72. The zero-order valence-electron chi connectivity index (χ0n) is 12.6. The maximum absolute atomic E-state index is 11.8. The van der Waals surface area contributed by atoms with E-state index in [9.17, 15) is 4.79 Å². The summed E-state index contributed by atoms with van der Waals surface area (Å²) in [6, 6.07) is 0.225. The van der Waals surface area contributed by atoms with Crippen LogP contribution in [0.4, 0.5) is 0 Å². The second kappa shape index (κ2) is 5.57. The van der Waals surface area contributed by atoms with Crippen molar-refractivity contribution in [2.45, 2.75) is 65.6 Å². The molecule has 1 aliphatic carbocycles. The Morgan fingerprint density at radius 2 is 2.00 bits per heavy atom. The first-order chi connectivity index (χ1) is 8.16. The maximum atomic E-state index is 11.8. The van der Waals surface area contributed by atoms with Gasteiger partial charge in [-0.15, -0.1) is 0 Å². The Labute approximate surface area is 111 Å². The summed E-state index contributed by atoms with van der Waals surface area (Å²) in [6.45, 7) is 13.6. The number of hydrogen-bond acceptors (Lipinski definition) is 3. The summed E-state index contributed by atoms with van der Waals surface area (Å²) in [5.41, 5.74) is 0.00767. The largest absolute Gasteiger partial charge is 0.378 e. The van der Waals surface area contributed by atoms with Crippen LogP contribution in [0.1, 0.15) is 48.0 Å². The summed E-state index contributed by atoms with van der Waals surface area (Å²) in [6.07, 6.45) is 1.19. The quantitative estimate of drug-likeness (QED) is 0.787. The topological polar surface area (TPSA) is 50.4 Å². The summed E-state index contributed by atoms with van der Waals surface area (Å²) in [5, 5.41) is 6.28. The van der Waals surface area contributed by atoms with Crippen molar-refractivity contribution in [3.05, 3.63) is 0 Å². The van der Waals surface area contributed by atoms with Crippen LogP contribution in [0.5, 0.6) is 0 Å². The highest BCUT2D eigenvalue weighted by Crippen LogP contribution is 2.42. The van der Waals surface area contributed by atoms with Crippen molar-refractivity contribution in [1.29, 1.82) is 0 Å². The van der Waals surface area contributed by atoms with Gasteiger partial charge in [0.2, 0.25) is 5.91 Å². The SMILES string of the molecule is CCOC1CC(NC(=O)CNC(C)(C)C)C1(C)C. The molecule has 4 nitrogen and oxygen atoms in total. The van der Waals surface area contributed by atoms with Gasteiger partial charge >= 0.3 is 0 Å². The van der Waals surface area contributed by atoms with Gasteiger partial charge in [-0.05, 0) is 34.1 Å². The van der Waals surface area contributed by atoms with E-state index in [0.29, 0.717) is 6.54 Å². The zero-order valence-corrected chi connectivity index (χ0v) is 12.6. The smallest absolute Gasteiger partial charge is 0.234 e. The van der Waals surface area contributed by atoms with Gasteiger partial charge in [0, 0.05) is 23.6 Å². The van der Waals surface area contributed by atoms with E-state index in [2.05, 4.69) is 45.3 Å². The van der Waals surface area contributed by atoms with Crippen molar-refractivity contribution >= 4 is 5.91 Å². The third kappa shape index (κ3) is 3.95. The molecule has 2 N–H and O–H groups in total. The lowest BCUT2D eigenvalue weighted by atomic mass is 9.64. The fourth-order valence-electron chi connectivity index (χ4n) is 2.21. The standard InChI is InChI=1S/C14H28N2O2/c1-7-18-11-8-10(14(11,5)6)16-12(17)9-15-13(2,3)4/h10-11,15H,7-9H2,1-6H3,(H,16,17).